The van der Waals surface area contributed by atoms with Crippen LogP contribution in [0.4, 0.5) is 0 Å². The van der Waals surface area contributed by atoms with Crippen molar-refractivity contribution >= 4 is 50.8 Å². The van der Waals surface area contributed by atoms with E-state index < -0.39 is 0 Å². The Morgan fingerprint density at radius 3 is 3.00 bits per heavy atom. The average molecular weight is 377 g/mol. The Balaban J connectivity index is 1.59. The van der Waals surface area contributed by atoms with Gasteiger partial charge in [0.15, 0.2) is 5.11 Å². The zero-order valence-electron chi connectivity index (χ0n) is 11.0. The van der Waals surface area contributed by atoms with E-state index in [9.17, 15) is 0 Å². The number of halogens is 1. The summed E-state index contributed by atoms with van der Waals surface area (Å²) in [5.41, 5.74) is 2.82. The van der Waals surface area contributed by atoms with Crippen LogP contribution in [0, 0.1) is 0 Å². The number of hydrazone groups is 1. The van der Waals surface area contributed by atoms with Crippen LogP contribution in [0.25, 0.3) is 0 Å². The molecule has 2 rings (SSSR count). The standard InChI is InChI=1S/C12H17BrN4OS2/c13-11-2-1-10(20-11)9-15-16-12(19)14-3-4-17-5-7-18-8-6-17/h1-2,9H,3-8H2,(H2,14,16,19)/b15-9+. The van der Waals surface area contributed by atoms with Gasteiger partial charge in [0.1, 0.15) is 0 Å². The molecule has 110 valence electrons. The van der Waals surface area contributed by atoms with Gasteiger partial charge in [0.05, 0.1) is 23.2 Å². The van der Waals surface area contributed by atoms with Crippen LogP contribution in [0.15, 0.2) is 21.0 Å². The van der Waals surface area contributed by atoms with E-state index in [4.69, 9.17) is 17.0 Å². The molecule has 1 saturated heterocycles. The molecule has 2 N–H and O–H groups in total. The first kappa shape index (κ1) is 15.8. The van der Waals surface area contributed by atoms with Gasteiger partial charge < -0.3 is 10.1 Å². The molecular formula is C12H17BrN4OS2. The third-order valence-electron chi connectivity index (χ3n) is 2.77. The number of nitrogens with one attached hydrogen (secondary N) is 2. The molecule has 1 aliphatic rings. The molecule has 1 aromatic heterocycles. The highest BCUT2D eigenvalue weighted by Crippen LogP contribution is 2.20. The molecule has 0 aromatic carbocycles. The van der Waals surface area contributed by atoms with E-state index in [0.29, 0.717) is 5.11 Å². The van der Waals surface area contributed by atoms with E-state index in [1.165, 1.54) is 0 Å². The minimum atomic E-state index is 0.546. The third kappa shape index (κ3) is 5.84. The van der Waals surface area contributed by atoms with Crippen LogP contribution in [-0.2, 0) is 4.74 Å². The topological polar surface area (TPSA) is 48.9 Å². The molecule has 0 spiro atoms. The first-order valence-electron chi connectivity index (χ1n) is 6.36. The predicted molar refractivity (Wildman–Crippen MR) is 90.6 cm³/mol. The van der Waals surface area contributed by atoms with Crippen molar-refractivity contribution in [2.45, 2.75) is 0 Å². The second-order valence-corrected chi connectivity index (χ2v) is 7.12. The first-order chi connectivity index (χ1) is 9.74. The SMILES string of the molecule is S=C(NCCN1CCOCC1)N/N=C/c1ccc(Br)s1. The van der Waals surface area contributed by atoms with Crippen molar-refractivity contribution in [2.24, 2.45) is 5.10 Å². The molecule has 20 heavy (non-hydrogen) atoms. The van der Waals surface area contributed by atoms with E-state index in [0.717, 1.165) is 48.1 Å². The fourth-order valence-corrected chi connectivity index (χ4v) is 3.19. The average Bonchev–Trinajstić information content (AvgIpc) is 2.86. The zero-order valence-corrected chi connectivity index (χ0v) is 14.2. The maximum absolute atomic E-state index is 5.30. The van der Waals surface area contributed by atoms with Crippen LogP contribution in [0.2, 0.25) is 0 Å². The van der Waals surface area contributed by atoms with E-state index >= 15 is 0 Å². The summed E-state index contributed by atoms with van der Waals surface area (Å²) in [4.78, 5) is 3.42. The van der Waals surface area contributed by atoms with Gasteiger partial charge in [0.25, 0.3) is 0 Å². The molecule has 0 atom stereocenters. The fourth-order valence-electron chi connectivity index (χ4n) is 1.74. The van der Waals surface area contributed by atoms with E-state index in [1.807, 2.05) is 12.1 Å². The van der Waals surface area contributed by atoms with Crippen molar-refractivity contribution in [3.05, 3.63) is 20.8 Å². The van der Waals surface area contributed by atoms with Crippen molar-refractivity contribution in [3.8, 4) is 0 Å². The second-order valence-electron chi connectivity index (χ2n) is 4.22. The number of nitrogens with zero attached hydrogens (tertiary/aromatic N) is 2. The molecule has 2 heterocycles. The lowest BCUT2D eigenvalue weighted by molar-refractivity contribution is 0.0389. The highest BCUT2D eigenvalue weighted by Gasteiger charge is 2.09. The van der Waals surface area contributed by atoms with E-state index in [2.05, 4.69) is 36.7 Å². The Labute approximate surface area is 136 Å². The highest BCUT2D eigenvalue weighted by molar-refractivity contribution is 9.11. The molecule has 8 heteroatoms. The summed E-state index contributed by atoms with van der Waals surface area (Å²) in [6.07, 6.45) is 1.76. The van der Waals surface area contributed by atoms with Crippen LogP contribution in [0.1, 0.15) is 4.88 Å². The van der Waals surface area contributed by atoms with Crippen LogP contribution in [-0.4, -0.2) is 55.6 Å². The lowest BCUT2D eigenvalue weighted by atomic mass is 10.4. The Kier molecular flexibility index (Phi) is 6.88. The summed E-state index contributed by atoms with van der Waals surface area (Å²) >= 11 is 10.2. The van der Waals surface area contributed by atoms with Gasteiger partial charge in [0.2, 0.25) is 0 Å². The Hall–Kier alpha value is -0.540. The van der Waals surface area contributed by atoms with Crippen molar-refractivity contribution in [3.63, 3.8) is 0 Å². The number of thiophene rings is 1. The number of ether oxygens (including phenoxy) is 1. The van der Waals surface area contributed by atoms with Gasteiger partial charge in [-0.2, -0.15) is 5.10 Å². The van der Waals surface area contributed by atoms with Gasteiger partial charge in [-0.15, -0.1) is 11.3 Å². The van der Waals surface area contributed by atoms with Crippen molar-refractivity contribution < 1.29 is 4.74 Å². The summed E-state index contributed by atoms with van der Waals surface area (Å²) in [5.74, 6) is 0. The smallest absolute Gasteiger partial charge is 0.187 e. The molecule has 0 radical (unpaired) electrons. The summed E-state index contributed by atoms with van der Waals surface area (Å²) in [6.45, 7) is 5.41. The van der Waals surface area contributed by atoms with Crippen molar-refractivity contribution in [2.75, 3.05) is 39.4 Å². The van der Waals surface area contributed by atoms with Crippen LogP contribution >= 0.6 is 39.5 Å². The molecule has 1 aliphatic heterocycles. The lowest BCUT2D eigenvalue weighted by Crippen LogP contribution is -2.42. The maximum atomic E-state index is 5.30. The monoisotopic (exact) mass is 376 g/mol. The molecule has 0 unspecified atom stereocenters. The van der Waals surface area contributed by atoms with Crippen molar-refractivity contribution in [1.82, 2.24) is 15.6 Å². The number of morpholine rings is 1. The molecule has 0 bridgehead atoms. The van der Waals surface area contributed by atoms with Gasteiger partial charge >= 0.3 is 0 Å². The summed E-state index contributed by atoms with van der Waals surface area (Å²) < 4.78 is 6.39. The van der Waals surface area contributed by atoms with Gasteiger partial charge in [-0.1, -0.05) is 0 Å². The minimum Gasteiger partial charge on any atom is -0.379 e. The number of hydrogen-bond donors (Lipinski definition) is 2. The third-order valence-corrected chi connectivity index (χ3v) is 4.56. The van der Waals surface area contributed by atoms with E-state index in [-0.39, 0.29) is 0 Å². The van der Waals surface area contributed by atoms with Gasteiger partial charge in [-0.3, -0.25) is 10.3 Å². The molecule has 0 aliphatic carbocycles. The lowest BCUT2D eigenvalue weighted by Gasteiger charge is -2.26. The molecule has 5 nitrogen and oxygen atoms in total. The number of hydrogen-bond acceptors (Lipinski definition) is 5. The Morgan fingerprint density at radius 1 is 1.50 bits per heavy atom. The zero-order chi connectivity index (χ0) is 14.2. The quantitative estimate of drug-likeness (QED) is 0.464. The summed E-state index contributed by atoms with van der Waals surface area (Å²) in [5, 5.41) is 7.78. The van der Waals surface area contributed by atoms with Crippen LogP contribution < -0.4 is 10.7 Å². The fraction of sp³-hybridized carbons (Fsp3) is 0.500. The largest absolute Gasteiger partial charge is 0.379 e. The number of rotatable bonds is 5. The van der Waals surface area contributed by atoms with Gasteiger partial charge in [0, 0.05) is 31.1 Å². The predicted octanol–water partition coefficient (Wildman–Crippen LogP) is 1.64. The number of thiocarbonyl (C=S) groups is 1. The Bertz CT molecular complexity index is 460. The van der Waals surface area contributed by atoms with Crippen LogP contribution in [0.5, 0.6) is 0 Å². The Morgan fingerprint density at radius 2 is 2.30 bits per heavy atom. The summed E-state index contributed by atoms with van der Waals surface area (Å²) in [6, 6.07) is 3.99. The molecule has 0 saturated carbocycles. The van der Waals surface area contributed by atoms with Gasteiger partial charge in [-0.05, 0) is 40.3 Å². The molecule has 1 fully saturated rings. The van der Waals surface area contributed by atoms with Gasteiger partial charge in [-0.25, -0.2) is 0 Å². The van der Waals surface area contributed by atoms with Crippen LogP contribution in [0.3, 0.4) is 0 Å². The first-order valence-corrected chi connectivity index (χ1v) is 8.38. The highest BCUT2D eigenvalue weighted by atomic mass is 79.9. The second kappa shape index (κ2) is 8.68. The molecule has 1 aromatic rings. The van der Waals surface area contributed by atoms with E-state index in [1.54, 1.807) is 17.6 Å². The molecule has 0 amide bonds. The maximum Gasteiger partial charge on any atom is 0.187 e. The summed E-state index contributed by atoms with van der Waals surface area (Å²) in [7, 11) is 0. The normalized spacial score (nSPS) is 16.4. The van der Waals surface area contributed by atoms with Crippen molar-refractivity contribution in [1.29, 1.82) is 0 Å². The molecular weight excluding hydrogens is 360 g/mol. The minimum absolute atomic E-state index is 0.546.